The lowest BCUT2D eigenvalue weighted by Gasteiger charge is -2.17. The number of aryl methyl sites for hydroxylation is 1. The second-order valence-electron chi connectivity index (χ2n) is 4.99. The summed E-state index contributed by atoms with van der Waals surface area (Å²) in [4.78, 5) is 19.5. The second-order valence-corrected chi connectivity index (χ2v) is 5.97. The third kappa shape index (κ3) is 3.67. The van der Waals surface area contributed by atoms with Gasteiger partial charge in [-0.15, -0.1) is 0 Å². The summed E-state index contributed by atoms with van der Waals surface area (Å²) in [5.74, 6) is -0.0256. The molecule has 5 nitrogen and oxygen atoms in total. The molecule has 19 heavy (non-hydrogen) atoms. The van der Waals surface area contributed by atoms with Gasteiger partial charge in [0, 0.05) is 25.7 Å². The topological polar surface area (TPSA) is 54.5 Å². The second kappa shape index (κ2) is 6.34. The van der Waals surface area contributed by atoms with Crippen molar-refractivity contribution >= 4 is 22.4 Å². The summed E-state index contributed by atoms with van der Waals surface area (Å²) >= 11 is 1.47. The summed E-state index contributed by atoms with van der Waals surface area (Å²) in [6, 6.07) is 0.143. The molecule has 1 aliphatic rings. The molecule has 6 heteroatoms. The van der Waals surface area contributed by atoms with Crippen LogP contribution in [0.15, 0.2) is 0 Å². The standard InChI is InChI=1S/C13H21N3O2S/c1-9(2)14-12(17)11-10(3)15-13(19-11)16-5-4-7-18-8-6-16/h9H,4-8H2,1-3H3,(H,14,17). The quantitative estimate of drug-likeness (QED) is 0.919. The maximum Gasteiger partial charge on any atom is 0.263 e. The van der Waals surface area contributed by atoms with Crippen LogP contribution in [-0.4, -0.2) is 43.2 Å². The Labute approximate surface area is 118 Å². The Hall–Kier alpha value is -1.14. The van der Waals surface area contributed by atoms with Crippen LogP contribution in [0.5, 0.6) is 0 Å². The van der Waals surface area contributed by atoms with Gasteiger partial charge in [-0.25, -0.2) is 4.98 Å². The first kappa shape index (κ1) is 14.3. The highest BCUT2D eigenvalue weighted by atomic mass is 32.1. The van der Waals surface area contributed by atoms with Crippen LogP contribution in [0.1, 0.15) is 35.6 Å². The predicted molar refractivity (Wildman–Crippen MR) is 77.1 cm³/mol. The monoisotopic (exact) mass is 283 g/mol. The van der Waals surface area contributed by atoms with Crippen molar-refractivity contribution in [3.05, 3.63) is 10.6 Å². The molecule has 0 atom stereocenters. The molecule has 1 saturated heterocycles. The number of anilines is 1. The number of thiazole rings is 1. The smallest absolute Gasteiger partial charge is 0.263 e. The van der Waals surface area contributed by atoms with Gasteiger partial charge >= 0.3 is 0 Å². The van der Waals surface area contributed by atoms with Gasteiger partial charge in [-0.1, -0.05) is 11.3 Å². The molecule has 0 unspecified atom stereocenters. The number of nitrogens with one attached hydrogen (secondary N) is 1. The van der Waals surface area contributed by atoms with E-state index in [1.54, 1.807) is 0 Å². The van der Waals surface area contributed by atoms with Crippen LogP contribution in [0, 0.1) is 6.92 Å². The highest BCUT2D eigenvalue weighted by Crippen LogP contribution is 2.26. The summed E-state index contributed by atoms with van der Waals surface area (Å²) in [6.07, 6.45) is 1.01. The first-order valence-corrected chi connectivity index (χ1v) is 7.50. The van der Waals surface area contributed by atoms with E-state index in [4.69, 9.17) is 4.74 Å². The summed E-state index contributed by atoms with van der Waals surface area (Å²) in [5, 5.41) is 3.84. The third-order valence-electron chi connectivity index (χ3n) is 2.90. The molecule has 106 valence electrons. The van der Waals surface area contributed by atoms with Crippen LogP contribution >= 0.6 is 11.3 Å². The zero-order chi connectivity index (χ0) is 13.8. The minimum Gasteiger partial charge on any atom is -0.380 e. The molecule has 1 fully saturated rings. The van der Waals surface area contributed by atoms with E-state index < -0.39 is 0 Å². The maximum atomic E-state index is 12.1. The highest BCUT2D eigenvalue weighted by Gasteiger charge is 2.20. The fraction of sp³-hybridized carbons (Fsp3) is 0.692. The molecule has 1 aromatic heterocycles. The zero-order valence-corrected chi connectivity index (χ0v) is 12.5. The Morgan fingerprint density at radius 1 is 1.42 bits per heavy atom. The Bertz CT molecular complexity index is 437. The van der Waals surface area contributed by atoms with Crippen molar-refractivity contribution in [3.63, 3.8) is 0 Å². The lowest BCUT2D eigenvalue weighted by Crippen LogP contribution is -2.29. The number of hydrogen-bond acceptors (Lipinski definition) is 5. The molecule has 0 bridgehead atoms. The number of carbonyl (C=O) groups is 1. The van der Waals surface area contributed by atoms with Crippen LogP contribution < -0.4 is 10.2 Å². The Morgan fingerprint density at radius 3 is 2.95 bits per heavy atom. The molecular weight excluding hydrogens is 262 g/mol. The first-order chi connectivity index (χ1) is 9.08. The summed E-state index contributed by atoms with van der Waals surface area (Å²) < 4.78 is 5.44. The van der Waals surface area contributed by atoms with Gasteiger partial charge in [-0.2, -0.15) is 0 Å². The van der Waals surface area contributed by atoms with Gasteiger partial charge in [0.1, 0.15) is 4.88 Å². The predicted octanol–water partition coefficient (Wildman–Crippen LogP) is 1.82. The normalized spacial score (nSPS) is 16.5. The molecule has 1 amide bonds. The van der Waals surface area contributed by atoms with Crippen molar-refractivity contribution < 1.29 is 9.53 Å². The van der Waals surface area contributed by atoms with Crippen LogP contribution in [0.4, 0.5) is 5.13 Å². The number of ether oxygens (including phenoxy) is 1. The average molecular weight is 283 g/mol. The Balaban J connectivity index is 2.13. The van der Waals surface area contributed by atoms with Gasteiger partial charge in [-0.05, 0) is 27.2 Å². The fourth-order valence-electron chi connectivity index (χ4n) is 1.99. The van der Waals surface area contributed by atoms with E-state index in [9.17, 15) is 4.79 Å². The third-order valence-corrected chi connectivity index (χ3v) is 4.12. The van der Waals surface area contributed by atoms with Gasteiger partial charge in [0.05, 0.1) is 12.3 Å². The molecule has 0 spiro atoms. The molecule has 2 rings (SSSR count). The van der Waals surface area contributed by atoms with Gasteiger partial charge in [-0.3, -0.25) is 4.79 Å². The van der Waals surface area contributed by atoms with Crippen molar-refractivity contribution in [1.29, 1.82) is 0 Å². The summed E-state index contributed by atoms with van der Waals surface area (Å²) in [7, 11) is 0. The van der Waals surface area contributed by atoms with Crippen molar-refractivity contribution in [2.24, 2.45) is 0 Å². The van der Waals surface area contributed by atoms with Crippen LogP contribution in [-0.2, 0) is 4.74 Å². The van der Waals surface area contributed by atoms with Gasteiger partial charge in [0.2, 0.25) is 0 Å². The van der Waals surface area contributed by atoms with Crippen molar-refractivity contribution in [1.82, 2.24) is 10.3 Å². The summed E-state index contributed by atoms with van der Waals surface area (Å²) in [5.41, 5.74) is 0.809. The molecule has 0 aromatic carbocycles. The van der Waals surface area contributed by atoms with E-state index in [2.05, 4.69) is 15.2 Å². The molecule has 1 N–H and O–H groups in total. The van der Waals surface area contributed by atoms with Gasteiger partial charge in [0.15, 0.2) is 5.13 Å². The molecular formula is C13H21N3O2S. The number of hydrogen-bond donors (Lipinski definition) is 1. The number of nitrogens with zero attached hydrogens (tertiary/aromatic N) is 2. The van der Waals surface area contributed by atoms with E-state index >= 15 is 0 Å². The number of aromatic nitrogens is 1. The maximum absolute atomic E-state index is 12.1. The van der Waals surface area contributed by atoms with Crippen molar-refractivity contribution in [2.45, 2.75) is 33.2 Å². The zero-order valence-electron chi connectivity index (χ0n) is 11.7. The van der Waals surface area contributed by atoms with Crippen molar-refractivity contribution in [2.75, 3.05) is 31.2 Å². The SMILES string of the molecule is Cc1nc(N2CCCOCC2)sc1C(=O)NC(C)C. The Morgan fingerprint density at radius 2 is 2.21 bits per heavy atom. The number of amides is 1. The van der Waals surface area contributed by atoms with Crippen LogP contribution in [0.25, 0.3) is 0 Å². The van der Waals surface area contributed by atoms with Crippen molar-refractivity contribution in [3.8, 4) is 0 Å². The summed E-state index contributed by atoms with van der Waals surface area (Å²) in [6.45, 7) is 9.14. The molecule has 0 saturated carbocycles. The van der Waals surface area contributed by atoms with E-state index in [1.807, 2.05) is 20.8 Å². The van der Waals surface area contributed by atoms with E-state index in [-0.39, 0.29) is 11.9 Å². The minimum atomic E-state index is -0.0256. The lowest BCUT2D eigenvalue weighted by molar-refractivity contribution is 0.0946. The largest absolute Gasteiger partial charge is 0.380 e. The van der Waals surface area contributed by atoms with Gasteiger partial charge < -0.3 is 15.0 Å². The Kier molecular flexibility index (Phi) is 4.76. The molecule has 1 aromatic rings. The van der Waals surface area contributed by atoms with Gasteiger partial charge in [0.25, 0.3) is 5.91 Å². The lowest BCUT2D eigenvalue weighted by atomic mass is 10.3. The molecule has 0 aliphatic carbocycles. The average Bonchev–Trinajstić information content (AvgIpc) is 2.58. The number of rotatable bonds is 3. The number of carbonyl (C=O) groups excluding carboxylic acids is 1. The van der Waals surface area contributed by atoms with E-state index in [1.165, 1.54) is 11.3 Å². The molecule has 1 aliphatic heterocycles. The van der Waals surface area contributed by atoms with E-state index in [0.717, 1.165) is 43.5 Å². The first-order valence-electron chi connectivity index (χ1n) is 6.69. The highest BCUT2D eigenvalue weighted by molar-refractivity contribution is 7.17. The van der Waals surface area contributed by atoms with Crippen LogP contribution in [0.3, 0.4) is 0 Å². The van der Waals surface area contributed by atoms with Crippen LogP contribution in [0.2, 0.25) is 0 Å². The molecule has 2 heterocycles. The minimum absolute atomic E-state index is 0.0256. The molecule has 0 radical (unpaired) electrons. The van der Waals surface area contributed by atoms with E-state index in [0.29, 0.717) is 4.88 Å². The fourth-order valence-corrected chi connectivity index (χ4v) is 3.02.